The van der Waals surface area contributed by atoms with Gasteiger partial charge in [0.15, 0.2) is 0 Å². The number of aliphatic imine (C=N–C) groups is 1. The van der Waals surface area contributed by atoms with Crippen LogP contribution in [0.15, 0.2) is 29.8 Å². The molecule has 0 saturated carbocycles. The summed E-state index contributed by atoms with van der Waals surface area (Å²) in [7, 11) is 0. The summed E-state index contributed by atoms with van der Waals surface area (Å²) >= 11 is 0. The molecule has 0 aliphatic heterocycles. The molecule has 0 radical (unpaired) electrons. The Balaban J connectivity index is 3.35. The van der Waals surface area contributed by atoms with Crippen molar-refractivity contribution in [3.63, 3.8) is 0 Å². The third kappa shape index (κ3) is 1.86. The molecule has 0 unspecified atom stereocenters. The highest BCUT2D eigenvalue weighted by molar-refractivity contribution is 5.68. The molecular formula is C12H15N. The first-order valence-electron chi connectivity index (χ1n) is 4.42. The van der Waals surface area contributed by atoms with Crippen LogP contribution in [0, 0.1) is 0 Å². The van der Waals surface area contributed by atoms with Crippen LogP contribution in [0.1, 0.15) is 30.9 Å². The van der Waals surface area contributed by atoms with E-state index >= 15 is 0 Å². The minimum atomic E-state index is 0.473. The minimum Gasteiger partial charge on any atom is -0.264 e. The molecule has 0 atom stereocenters. The number of hydrogen-bond acceptors (Lipinski definition) is 1. The molecule has 0 aromatic heterocycles. The highest BCUT2D eigenvalue weighted by Crippen LogP contribution is 2.30. The summed E-state index contributed by atoms with van der Waals surface area (Å²) in [5.74, 6) is 0.473. The van der Waals surface area contributed by atoms with E-state index in [0.29, 0.717) is 5.92 Å². The Labute approximate surface area is 79.8 Å². The first-order valence-corrected chi connectivity index (χ1v) is 4.42. The number of benzene rings is 1. The van der Waals surface area contributed by atoms with Crippen molar-refractivity contribution in [3.8, 4) is 0 Å². The molecule has 0 amide bonds. The van der Waals surface area contributed by atoms with E-state index in [4.69, 9.17) is 0 Å². The van der Waals surface area contributed by atoms with Gasteiger partial charge in [-0.15, -0.1) is 0 Å². The third-order valence-corrected chi connectivity index (χ3v) is 2.10. The van der Waals surface area contributed by atoms with E-state index in [1.165, 1.54) is 5.56 Å². The molecule has 1 aromatic rings. The average molecular weight is 173 g/mol. The van der Waals surface area contributed by atoms with Crippen LogP contribution in [0.2, 0.25) is 0 Å². The van der Waals surface area contributed by atoms with E-state index in [1.807, 2.05) is 18.2 Å². The van der Waals surface area contributed by atoms with Gasteiger partial charge in [-0.05, 0) is 23.8 Å². The second-order valence-electron chi connectivity index (χ2n) is 3.30. The van der Waals surface area contributed by atoms with Gasteiger partial charge in [-0.2, -0.15) is 0 Å². The highest BCUT2D eigenvalue weighted by atomic mass is 14.7. The highest BCUT2D eigenvalue weighted by Gasteiger charge is 2.07. The van der Waals surface area contributed by atoms with Gasteiger partial charge in [0.05, 0.1) is 5.69 Å². The van der Waals surface area contributed by atoms with Crippen LogP contribution in [0.5, 0.6) is 0 Å². The summed E-state index contributed by atoms with van der Waals surface area (Å²) in [6.45, 7) is 11.6. The maximum atomic E-state index is 4.04. The van der Waals surface area contributed by atoms with Crippen LogP contribution < -0.4 is 0 Å². The van der Waals surface area contributed by atoms with Gasteiger partial charge in [-0.1, -0.05) is 44.7 Å². The predicted molar refractivity (Wildman–Crippen MR) is 59.8 cm³/mol. The van der Waals surface area contributed by atoms with E-state index in [9.17, 15) is 0 Å². The van der Waals surface area contributed by atoms with Gasteiger partial charge >= 0.3 is 0 Å². The van der Waals surface area contributed by atoms with Gasteiger partial charge in [0.1, 0.15) is 0 Å². The van der Waals surface area contributed by atoms with E-state index in [2.05, 4.69) is 38.2 Å². The summed E-state index contributed by atoms with van der Waals surface area (Å²) in [4.78, 5) is 4.04. The third-order valence-electron chi connectivity index (χ3n) is 2.10. The predicted octanol–water partition coefficient (Wildman–Crippen LogP) is 3.79. The topological polar surface area (TPSA) is 12.4 Å². The summed E-state index contributed by atoms with van der Waals surface area (Å²) < 4.78 is 0. The fourth-order valence-electron chi connectivity index (χ4n) is 1.39. The molecule has 68 valence electrons. The van der Waals surface area contributed by atoms with Crippen molar-refractivity contribution in [1.82, 2.24) is 0 Å². The Hall–Kier alpha value is -1.37. The van der Waals surface area contributed by atoms with Crippen molar-refractivity contribution in [2.24, 2.45) is 4.99 Å². The summed E-state index contributed by atoms with van der Waals surface area (Å²) in [5, 5.41) is 0. The monoisotopic (exact) mass is 173 g/mol. The molecule has 1 nitrogen and oxygen atoms in total. The zero-order chi connectivity index (χ0) is 9.84. The molecular weight excluding hydrogens is 158 g/mol. The van der Waals surface area contributed by atoms with E-state index in [0.717, 1.165) is 11.3 Å². The summed E-state index contributed by atoms with van der Waals surface area (Å²) in [5.41, 5.74) is 3.25. The summed E-state index contributed by atoms with van der Waals surface area (Å²) in [6, 6.07) is 6.12. The van der Waals surface area contributed by atoms with E-state index < -0.39 is 0 Å². The first-order chi connectivity index (χ1) is 6.20. The number of hydrogen-bond donors (Lipinski definition) is 0. The van der Waals surface area contributed by atoms with Crippen LogP contribution >= 0.6 is 0 Å². The Morgan fingerprint density at radius 1 is 1.38 bits per heavy atom. The largest absolute Gasteiger partial charge is 0.264 e. The molecule has 0 saturated heterocycles. The van der Waals surface area contributed by atoms with Gasteiger partial charge in [-0.3, -0.25) is 4.99 Å². The lowest BCUT2D eigenvalue weighted by Gasteiger charge is -2.10. The number of nitrogens with zero attached hydrogens (tertiary/aromatic N) is 1. The maximum Gasteiger partial charge on any atom is 0.0729 e. The maximum absolute atomic E-state index is 4.04. The van der Waals surface area contributed by atoms with Crippen LogP contribution in [-0.2, 0) is 0 Å². The van der Waals surface area contributed by atoms with Crippen LogP contribution in [0.3, 0.4) is 0 Å². The molecule has 1 aromatic carbocycles. The Morgan fingerprint density at radius 2 is 2.08 bits per heavy atom. The van der Waals surface area contributed by atoms with E-state index in [-0.39, 0.29) is 0 Å². The lowest BCUT2D eigenvalue weighted by molar-refractivity contribution is 0.867. The van der Waals surface area contributed by atoms with E-state index in [1.54, 1.807) is 0 Å². The fraction of sp³-hybridized carbons (Fsp3) is 0.250. The molecule has 0 spiro atoms. The molecule has 0 N–H and O–H groups in total. The van der Waals surface area contributed by atoms with Gasteiger partial charge in [-0.25, -0.2) is 0 Å². The van der Waals surface area contributed by atoms with Gasteiger partial charge in [0, 0.05) is 0 Å². The second kappa shape index (κ2) is 4.04. The zero-order valence-electron chi connectivity index (χ0n) is 8.25. The normalized spacial score (nSPS) is 10.1. The minimum absolute atomic E-state index is 0.473. The van der Waals surface area contributed by atoms with Crippen molar-refractivity contribution >= 4 is 18.5 Å². The SMILES string of the molecule is C=Cc1cccc(C(C)C)c1N=C. The Kier molecular flexibility index (Phi) is 3.02. The Bertz CT molecular complexity index is 324. The molecule has 0 aliphatic rings. The standard InChI is InChI=1S/C12H15N/c1-5-10-7-6-8-11(9(2)3)12(10)13-4/h5-9H,1,4H2,2-3H3. The summed E-state index contributed by atoms with van der Waals surface area (Å²) in [6.07, 6.45) is 1.82. The van der Waals surface area contributed by atoms with Crippen molar-refractivity contribution in [2.75, 3.05) is 0 Å². The molecule has 0 bridgehead atoms. The van der Waals surface area contributed by atoms with Gasteiger partial charge in [0.2, 0.25) is 0 Å². The molecule has 0 aliphatic carbocycles. The van der Waals surface area contributed by atoms with Crippen molar-refractivity contribution in [2.45, 2.75) is 19.8 Å². The van der Waals surface area contributed by atoms with Crippen molar-refractivity contribution < 1.29 is 0 Å². The molecule has 13 heavy (non-hydrogen) atoms. The molecule has 1 heteroatoms. The zero-order valence-corrected chi connectivity index (χ0v) is 8.25. The molecule has 1 rings (SSSR count). The van der Waals surface area contributed by atoms with Crippen LogP contribution in [0.25, 0.3) is 6.08 Å². The quantitative estimate of drug-likeness (QED) is 0.617. The first kappa shape index (κ1) is 9.72. The Morgan fingerprint density at radius 3 is 2.54 bits per heavy atom. The molecule has 0 heterocycles. The van der Waals surface area contributed by atoms with Crippen molar-refractivity contribution in [3.05, 3.63) is 35.9 Å². The second-order valence-corrected chi connectivity index (χ2v) is 3.30. The lowest BCUT2D eigenvalue weighted by Crippen LogP contribution is -1.89. The molecule has 0 fully saturated rings. The van der Waals surface area contributed by atoms with Crippen LogP contribution in [0.4, 0.5) is 5.69 Å². The van der Waals surface area contributed by atoms with Crippen LogP contribution in [-0.4, -0.2) is 6.72 Å². The number of rotatable bonds is 3. The lowest BCUT2D eigenvalue weighted by atomic mass is 9.98. The fourth-order valence-corrected chi connectivity index (χ4v) is 1.39. The van der Waals surface area contributed by atoms with Gasteiger partial charge < -0.3 is 0 Å². The average Bonchev–Trinajstić information content (AvgIpc) is 2.16. The number of para-hydroxylation sites is 1. The smallest absolute Gasteiger partial charge is 0.0729 e. The van der Waals surface area contributed by atoms with Gasteiger partial charge in [0.25, 0.3) is 0 Å². The van der Waals surface area contributed by atoms with Crippen molar-refractivity contribution in [1.29, 1.82) is 0 Å².